The molecule has 0 aliphatic heterocycles. The number of carbonyl (C=O) groups excluding carboxylic acids is 1. The first-order valence-electron chi connectivity index (χ1n) is 7.63. The van der Waals surface area contributed by atoms with Gasteiger partial charge in [-0.2, -0.15) is 0 Å². The van der Waals surface area contributed by atoms with Crippen LogP contribution < -0.4 is 5.56 Å². The number of aromatic hydroxyl groups is 1. The molecule has 6 nitrogen and oxygen atoms in total. The van der Waals surface area contributed by atoms with Crippen LogP contribution in [0.15, 0.2) is 70.3 Å². The third-order valence-corrected chi connectivity index (χ3v) is 4.25. The fraction of sp³-hybridized carbons (Fsp3) is 0. The number of phenols is 1. The van der Waals surface area contributed by atoms with Gasteiger partial charge in [0.05, 0.1) is 5.56 Å². The molecule has 2 heterocycles. The summed E-state index contributed by atoms with van der Waals surface area (Å²) >= 11 is 5.87. The van der Waals surface area contributed by atoms with Gasteiger partial charge in [0.25, 0.3) is 5.56 Å². The molecule has 2 aromatic heterocycles. The molecule has 4 aromatic rings. The molecular formula is C19H11ClN2O4. The van der Waals surface area contributed by atoms with E-state index in [-0.39, 0.29) is 28.0 Å². The fourth-order valence-corrected chi connectivity index (χ4v) is 2.81. The largest absolute Gasteiger partial charge is 0.505 e. The molecule has 0 radical (unpaired) electrons. The van der Waals surface area contributed by atoms with E-state index in [4.69, 9.17) is 16.0 Å². The molecule has 0 saturated carbocycles. The number of nitrogens with zero attached hydrogens (tertiary/aromatic N) is 2. The molecule has 128 valence electrons. The zero-order valence-corrected chi connectivity index (χ0v) is 14.0. The van der Waals surface area contributed by atoms with Crippen LogP contribution >= 0.6 is 11.6 Å². The van der Waals surface area contributed by atoms with Gasteiger partial charge in [0.1, 0.15) is 0 Å². The van der Waals surface area contributed by atoms with Crippen LogP contribution in [0.2, 0.25) is 5.02 Å². The summed E-state index contributed by atoms with van der Waals surface area (Å²) in [7, 11) is 0. The lowest BCUT2D eigenvalue weighted by atomic mass is 10.0. The minimum absolute atomic E-state index is 0.0766. The second kappa shape index (κ2) is 6.16. The first-order valence-corrected chi connectivity index (χ1v) is 8.01. The number of hydrogen-bond donors (Lipinski definition) is 1. The van der Waals surface area contributed by atoms with Crippen LogP contribution in [0.25, 0.3) is 16.8 Å². The second-order valence-electron chi connectivity index (χ2n) is 5.59. The summed E-state index contributed by atoms with van der Waals surface area (Å²) in [5.41, 5.74) is 1.20. The smallest absolute Gasteiger partial charge is 0.255 e. The molecule has 0 fully saturated rings. The number of rotatable bonds is 3. The van der Waals surface area contributed by atoms with Crippen molar-refractivity contribution >= 4 is 28.5 Å². The molecule has 0 bridgehead atoms. The van der Waals surface area contributed by atoms with Crippen molar-refractivity contribution in [3.8, 4) is 11.4 Å². The normalized spacial score (nSPS) is 11.0. The number of hydrogen-bond acceptors (Lipinski definition) is 5. The number of pyridine rings is 1. The lowest BCUT2D eigenvalue weighted by molar-refractivity contribution is 0.103. The number of phenolic OH excluding ortho intramolecular Hbond substituents is 1. The molecular weight excluding hydrogens is 356 g/mol. The average molecular weight is 367 g/mol. The molecule has 0 aliphatic rings. The summed E-state index contributed by atoms with van der Waals surface area (Å²) in [6, 6.07) is 12.4. The molecule has 1 N–H and O–H groups in total. The summed E-state index contributed by atoms with van der Waals surface area (Å²) in [5, 5.41) is 10.9. The lowest BCUT2D eigenvalue weighted by Crippen LogP contribution is -2.18. The highest BCUT2D eigenvalue weighted by Crippen LogP contribution is 2.29. The topological polar surface area (TPSA) is 85.3 Å². The monoisotopic (exact) mass is 366 g/mol. The maximum Gasteiger partial charge on any atom is 0.255 e. The maximum atomic E-state index is 12.8. The van der Waals surface area contributed by atoms with Gasteiger partial charge in [-0.15, -0.1) is 0 Å². The van der Waals surface area contributed by atoms with Crippen molar-refractivity contribution in [2.75, 3.05) is 0 Å². The zero-order chi connectivity index (χ0) is 18.3. The molecule has 26 heavy (non-hydrogen) atoms. The van der Waals surface area contributed by atoms with E-state index in [1.54, 1.807) is 30.3 Å². The average Bonchev–Trinajstić information content (AvgIpc) is 3.12. The summed E-state index contributed by atoms with van der Waals surface area (Å²) < 4.78 is 6.45. The van der Waals surface area contributed by atoms with E-state index in [1.165, 1.54) is 35.4 Å². The molecule has 0 unspecified atom stereocenters. The van der Waals surface area contributed by atoms with E-state index in [0.717, 1.165) is 0 Å². The fourth-order valence-electron chi connectivity index (χ4n) is 2.68. The summed E-state index contributed by atoms with van der Waals surface area (Å²) in [6.07, 6.45) is 2.62. The maximum absolute atomic E-state index is 12.8. The predicted octanol–water partition coefficient (Wildman–Crippen LogP) is 3.57. The number of halogens is 1. The summed E-state index contributed by atoms with van der Waals surface area (Å²) in [5.74, 6) is -0.694. The van der Waals surface area contributed by atoms with E-state index in [9.17, 15) is 14.7 Å². The van der Waals surface area contributed by atoms with E-state index < -0.39 is 5.78 Å². The van der Waals surface area contributed by atoms with Gasteiger partial charge >= 0.3 is 0 Å². The van der Waals surface area contributed by atoms with Gasteiger partial charge < -0.3 is 9.52 Å². The van der Waals surface area contributed by atoms with E-state index >= 15 is 0 Å². The summed E-state index contributed by atoms with van der Waals surface area (Å²) in [6.45, 7) is 0. The van der Waals surface area contributed by atoms with Crippen molar-refractivity contribution in [1.82, 2.24) is 9.55 Å². The van der Waals surface area contributed by atoms with Crippen molar-refractivity contribution in [3.63, 3.8) is 0 Å². The molecule has 0 saturated heterocycles. The van der Waals surface area contributed by atoms with Crippen molar-refractivity contribution in [2.45, 2.75) is 0 Å². The molecule has 0 atom stereocenters. The van der Waals surface area contributed by atoms with E-state index in [2.05, 4.69) is 4.98 Å². The van der Waals surface area contributed by atoms with Gasteiger partial charge in [0.2, 0.25) is 0 Å². The Morgan fingerprint density at radius 1 is 1.08 bits per heavy atom. The number of ketones is 1. The van der Waals surface area contributed by atoms with Gasteiger partial charge in [0, 0.05) is 28.5 Å². The molecule has 0 spiro atoms. The molecule has 4 rings (SSSR count). The zero-order valence-electron chi connectivity index (χ0n) is 13.2. The first-order chi connectivity index (χ1) is 12.5. The Bertz CT molecular complexity index is 1190. The quantitative estimate of drug-likeness (QED) is 0.560. The van der Waals surface area contributed by atoms with Gasteiger partial charge in [-0.3, -0.25) is 14.2 Å². The molecule has 0 aliphatic carbocycles. The van der Waals surface area contributed by atoms with Crippen molar-refractivity contribution < 1.29 is 14.3 Å². The van der Waals surface area contributed by atoms with E-state index in [0.29, 0.717) is 16.3 Å². The van der Waals surface area contributed by atoms with Gasteiger partial charge in [-0.25, -0.2) is 4.98 Å². The Balaban J connectivity index is 1.81. The van der Waals surface area contributed by atoms with Gasteiger partial charge in [0.15, 0.2) is 29.0 Å². The Morgan fingerprint density at radius 2 is 1.85 bits per heavy atom. The molecule has 7 heteroatoms. The van der Waals surface area contributed by atoms with Crippen LogP contribution in [0.3, 0.4) is 0 Å². The third-order valence-electron chi connectivity index (χ3n) is 4.00. The van der Waals surface area contributed by atoms with Crippen molar-refractivity contribution in [1.29, 1.82) is 0 Å². The van der Waals surface area contributed by atoms with Gasteiger partial charge in [-0.05, 0) is 42.5 Å². The van der Waals surface area contributed by atoms with Crippen molar-refractivity contribution in [2.24, 2.45) is 0 Å². The first kappa shape index (κ1) is 16.1. The summed E-state index contributed by atoms with van der Waals surface area (Å²) in [4.78, 5) is 28.9. The Hall–Kier alpha value is -3.38. The third kappa shape index (κ3) is 2.66. The minimum Gasteiger partial charge on any atom is -0.505 e. The lowest BCUT2D eigenvalue weighted by Gasteiger charge is -2.09. The number of oxazole rings is 1. The van der Waals surface area contributed by atoms with E-state index in [1.807, 2.05) is 0 Å². The highest BCUT2D eigenvalue weighted by atomic mass is 35.5. The van der Waals surface area contributed by atoms with Crippen molar-refractivity contribution in [3.05, 3.63) is 87.6 Å². The Kier molecular flexibility index (Phi) is 3.82. The second-order valence-corrected chi connectivity index (χ2v) is 6.03. The number of carbonyl (C=O) groups is 1. The number of fused-ring (bicyclic) bond motifs is 1. The van der Waals surface area contributed by atoms with Crippen LogP contribution in [0.5, 0.6) is 5.75 Å². The minimum atomic E-state index is -0.435. The van der Waals surface area contributed by atoms with Gasteiger partial charge in [-0.1, -0.05) is 11.6 Å². The number of aromatic nitrogens is 2. The number of benzene rings is 2. The Morgan fingerprint density at radius 3 is 2.62 bits per heavy atom. The molecule has 0 amide bonds. The van der Waals surface area contributed by atoms with Crippen LogP contribution in [-0.2, 0) is 0 Å². The predicted molar refractivity (Wildman–Crippen MR) is 96.2 cm³/mol. The van der Waals surface area contributed by atoms with Crippen LogP contribution in [0.4, 0.5) is 0 Å². The van der Waals surface area contributed by atoms with Crippen LogP contribution in [0.1, 0.15) is 15.9 Å². The SMILES string of the molecule is O=C(c1ccc(=O)n(-c2ccc(Cl)cc2)c1)c1ccc2ocnc2c1O. The standard InChI is InChI=1S/C19H11ClN2O4/c20-12-2-4-13(5-3-12)22-9-11(1-8-16(22)23)18(24)14-6-7-15-17(19(14)25)21-10-26-15/h1-10,25H. The van der Waals surface area contributed by atoms with Crippen LogP contribution in [-0.4, -0.2) is 20.4 Å². The Labute approximate surface area is 151 Å². The van der Waals surface area contributed by atoms with Crippen LogP contribution in [0, 0.1) is 0 Å². The highest BCUT2D eigenvalue weighted by molar-refractivity contribution is 6.30. The highest BCUT2D eigenvalue weighted by Gasteiger charge is 2.18. The molecule has 2 aromatic carbocycles.